The maximum Gasteiger partial charge on any atom is 0.254 e. The lowest BCUT2D eigenvalue weighted by molar-refractivity contribution is -0.127. The van der Waals surface area contributed by atoms with Gasteiger partial charge in [0.05, 0.1) is 0 Å². The molecule has 1 saturated heterocycles. The molecule has 4 rings (SSSR count). The summed E-state index contributed by atoms with van der Waals surface area (Å²) in [7, 11) is 0. The van der Waals surface area contributed by atoms with E-state index < -0.39 is 6.04 Å². The molecule has 0 aliphatic carbocycles. The monoisotopic (exact) mass is 424 g/mol. The second kappa shape index (κ2) is 8.83. The van der Waals surface area contributed by atoms with Crippen LogP contribution < -0.4 is 9.80 Å². The van der Waals surface area contributed by atoms with Gasteiger partial charge in [-0.25, -0.2) is 0 Å². The molecule has 0 radical (unpaired) electrons. The van der Waals surface area contributed by atoms with Crippen LogP contribution in [0.2, 0.25) is 0 Å². The minimum atomic E-state index is -0.708. The van der Waals surface area contributed by atoms with Crippen molar-refractivity contribution in [2.24, 2.45) is 0 Å². The molecule has 1 aliphatic rings. The van der Waals surface area contributed by atoms with Crippen LogP contribution in [-0.4, -0.2) is 24.4 Å². The van der Waals surface area contributed by atoms with Crippen molar-refractivity contribution in [3.63, 3.8) is 0 Å². The SMILES string of the molecule is C/C(=C/c1ccccc1)[C@H]1C(=O)N(c2ccc(C)c(C)c2)CC(=O)N1c1ccc(C)cc1. The van der Waals surface area contributed by atoms with Crippen LogP contribution in [0.15, 0.2) is 78.4 Å². The molecule has 4 nitrogen and oxygen atoms in total. The minimum Gasteiger partial charge on any atom is -0.301 e. The summed E-state index contributed by atoms with van der Waals surface area (Å²) in [6.07, 6.45) is 1.99. The van der Waals surface area contributed by atoms with E-state index in [4.69, 9.17) is 0 Å². The van der Waals surface area contributed by atoms with E-state index in [0.29, 0.717) is 0 Å². The highest BCUT2D eigenvalue weighted by molar-refractivity contribution is 6.16. The number of anilines is 2. The quantitative estimate of drug-likeness (QED) is 0.558. The van der Waals surface area contributed by atoms with Crippen molar-refractivity contribution in [3.8, 4) is 0 Å². The number of hydrogen-bond donors (Lipinski definition) is 0. The standard InChI is InChI=1S/C28H28N2O2/c1-19-10-13-24(14-11-19)30-26(31)18-29(25-15-12-20(2)21(3)17-25)28(32)27(30)22(4)16-23-8-6-5-7-9-23/h5-17,27H,18H2,1-4H3/b22-16-/t27-/m0/s1. The Labute approximate surface area is 189 Å². The predicted octanol–water partition coefficient (Wildman–Crippen LogP) is 5.46. The Morgan fingerprint density at radius 3 is 2.16 bits per heavy atom. The lowest BCUT2D eigenvalue weighted by Crippen LogP contribution is -2.61. The Hall–Kier alpha value is -3.66. The summed E-state index contributed by atoms with van der Waals surface area (Å²) >= 11 is 0. The Morgan fingerprint density at radius 1 is 0.844 bits per heavy atom. The molecule has 1 aliphatic heterocycles. The van der Waals surface area contributed by atoms with Crippen LogP contribution in [0.1, 0.15) is 29.2 Å². The molecule has 0 N–H and O–H groups in total. The van der Waals surface area contributed by atoms with E-state index in [1.807, 2.05) is 107 Å². The molecule has 32 heavy (non-hydrogen) atoms. The number of rotatable bonds is 4. The Kier molecular flexibility index (Phi) is 5.95. The highest BCUT2D eigenvalue weighted by Crippen LogP contribution is 2.31. The molecule has 0 aromatic heterocycles. The molecule has 0 bridgehead atoms. The smallest absolute Gasteiger partial charge is 0.254 e. The molecule has 0 unspecified atom stereocenters. The zero-order valence-electron chi connectivity index (χ0n) is 19.0. The number of amides is 2. The molecule has 3 aromatic rings. The van der Waals surface area contributed by atoms with Gasteiger partial charge in [0.2, 0.25) is 5.91 Å². The van der Waals surface area contributed by atoms with Crippen molar-refractivity contribution in [2.45, 2.75) is 33.7 Å². The molecule has 2 amide bonds. The van der Waals surface area contributed by atoms with Gasteiger partial charge in [0.15, 0.2) is 0 Å². The first-order valence-electron chi connectivity index (χ1n) is 10.9. The number of carbonyl (C=O) groups is 2. The molecule has 1 fully saturated rings. The number of carbonyl (C=O) groups excluding carboxylic acids is 2. The number of hydrogen-bond acceptors (Lipinski definition) is 2. The first-order chi connectivity index (χ1) is 15.3. The van der Waals surface area contributed by atoms with Gasteiger partial charge in [-0.15, -0.1) is 0 Å². The largest absolute Gasteiger partial charge is 0.301 e. The first-order valence-corrected chi connectivity index (χ1v) is 10.9. The van der Waals surface area contributed by atoms with E-state index in [9.17, 15) is 9.59 Å². The topological polar surface area (TPSA) is 40.6 Å². The van der Waals surface area contributed by atoms with Crippen LogP contribution >= 0.6 is 0 Å². The van der Waals surface area contributed by atoms with Gasteiger partial charge in [0, 0.05) is 11.4 Å². The van der Waals surface area contributed by atoms with Crippen LogP contribution in [0, 0.1) is 20.8 Å². The van der Waals surface area contributed by atoms with Crippen molar-refractivity contribution in [1.82, 2.24) is 0 Å². The van der Waals surface area contributed by atoms with E-state index in [0.717, 1.165) is 39.2 Å². The molecule has 3 aromatic carbocycles. The number of aryl methyl sites for hydroxylation is 3. The van der Waals surface area contributed by atoms with Gasteiger partial charge in [-0.1, -0.05) is 60.2 Å². The van der Waals surface area contributed by atoms with Crippen molar-refractivity contribution < 1.29 is 9.59 Å². The fourth-order valence-corrected chi connectivity index (χ4v) is 4.09. The summed E-state index contributed by atoms with van der Waals surface area (Å²) in [5.41, 5.74) is 6.67. The van der Waals surface area contributed by atoms with E-state index in [1.165, 1.54) is 0 Å². The zero-order valence-corrected chi connectivity index (χ0v) is 19.0. The molecular weight excluding hydrogens is 396 g/mol. The van der Waals surface area contributed by atoms with Crippen LogP contribution in [0.3, 0.4) is 0 Å². The summed E-state index contributed by atoms with van der Waals surface area (Å²) in [6, 6.07) is 22.8. The van der Waals surface area contributed by atoms with Crippen LogP contribution in [0.5, 0.6) is 0 Å². The first kappa shape index (κ1) is 21.6. The number of piperazine rings is 1. The molecular formula is C28H28N2O2. The van der Waals surface area contributed by atoms with Crippen molar-refractivity contribution in [2.75, 3.05) is 16.3 Å². The summed E-state index contributed by atoms with van der Waals surface area (Å²) < 4.78 is 0. The van der Waals surface area contributed by atoms with E-state index in [-0.39, 0.29) is 18.4 Å². The fraction of sp³-hybridized carbons (Fsp3) is 0.214. The number of benzene rings is 3. The van der Waals surface area contributed by atoms with Crippen LogP contribution in [-0.2, 0) is 9.59 Å². The van der Waals surface area contributed by atoms with E-state index >= 15 is 0 Å². The van der Waals surface area contributed by atoms with Crippen LogP contribution in [0.25, 0.3) is 6.08 Å². The third-order valence-electron chi connectivity index (χ3n) is 6.06. The Morgan fingerprint density at radius 2 is 1.50 bits per heavy atom. The number of nitrogens with zero attached hydrogens (tertiary/aromatic N) is 2. The maximum atomic E-state index is 13.8. The zero-order chi connectivity index (χ0) is 22.8. The van der Waals surface area contributed by atoms with Gasteiger partial charge >= 0.3 is 0 Å². The van der Waals surface area contributed by atoms with E-state index in [2.05, 4.69) is 0 Å². The van der Waals surface area contributed by atoms with Gasteiger partial charge in [-0.2, -0.15) is 0 Å². The fourth-order valence-electron chi connectivity index (χ4n) is 4.09. The average Bonchev–Trinajstić information content (AvgIpc) is 2.78. The second-order valence-electron chi connectivity index (χ2n) is 8.49. The van der Waals surface area contributed by atoms with Gasteiger partial charge in [-0.3, -0.25) is 14.5 Å². The second-order valence-corrected chi connectivity index (χ2v) is 8.49. The molecule has 4 heteroatoms. The molecule has 0 spiro atoms. The third kappa shape index (κ3) is 4.22. The summed E-state index contributed by atoms with van der Waals surface area (Å²) in [4.78, 5) is 30.5. The highest BCUT2D eigenvalue weighted by Gasteiger charge is 2.41. The lowest BCUT2D eigenvalue weighted by Gasteiger charge is -2.41. The normalized spacial score (nSPS) is 17.1. The van der Waals surface area contributed by atoms with Crippen molar-refractivity contribution in [3.05, 3.63) is 101 Å². The predicted molar refractivity (Wildman–Crippen MR) is 131 cm³/mol. The lowest BCUT2D eigenvalue weighted by atomic mass is 9.98. The minimum absolute atomic E-state index is 0.0182. The Bertz CT molecular complexity index is 1180. The molecule has 0 saturated carbocycles. The Balaban J connectivity index is 1.80. The highest BCUT2D eigenvalue weighted by atomic mass is 16.2. The van der Waals surface area contributed by atoms with Gasteiger partial charge in [0.25, 0.3) is 5.91 Å². The average molecular weight is 425 g/mol. The van der Waals surface area contributed by atoms with Crippen molar-refractivity contribution in [1.29, 1.82) is 0 Å². The molecule has 1 heterocycles. The van der Waals surface area contributed by atoms with E-state index in [1.54, 1.807) is 9.80 Å². The van der Waals surface area contributed by atoms with Gasteiger partial charge in [-0.05, 0) is 74.2 Å². The third-order valence-corrected chi connectivity index (χ3v) is 6.06. The summed E-state index contributed by atoms with van der Waals surface area (Å²) in [6.45, 7) is 8.01. The molecule has 162 valence electrons. The van der Waals surface area contributed by atoms with Crippen LogP contribution in [0.4, 0.5) is 11.4 Å². The maximum absolute atomic E-state index is 13.8. The van der Waals surface area contributed by atoms with Gasteiger partial charge in [0.1, 0.15) is 12.6 Å². The van der Waals surface area contributed by atoms with Crippen molar-refractivity contribution >= 4 is 29.3 Å². The van der Waals surface area contributed by atoms with Gasteiger partial charge < -0.3 is 4.90 Å². The molecule has 1 atom stereocenters. The summed E-state index contributed by atoms with van der Waals surface area (Å²) in [5, 5.41) is 0. The summed E-state index contributed by atoms with van der Waals surface area (Å²) in [5.74, 6) is -0.199.